The van der Waals surface area contributed by atoms with Gasteiger partial charge in [0.2, 0.25) is 0 Å². The molecule has 0 fully saturated rings. The van der Waals surface area contributed by atoms with Gasteiger partial charge >= 0.3 is 0 Å². The summed E-state index contributed by atoms with van der Waals surface area (Å²) in [6, 6.07) is 16.3. The number of phenols is 2. The number of hydrogen-bond acceptors (Lipinski definition) is 5. The number of hydrazone groups is 1. The number of hydrogen-bond donors (Lipinski definition) is 3. The molecule has 0 saturated heterocycles. The largest absolute Gasteiger partial charge is 0.504 e. The molecule has 24 heavy (non-hydrogen) atoms. The van der Waals surface area contributed by atoms with Gasteiger partial charge in [-0.2, -0.15) is 13.5 Å². The Morgan fingerprint density at radius 1 is 0.875 bits per heavy atom. The summed E-state index contributed by atoms with van der Waals surface area (Å²) in [5.74, 6) is -0.569. The van der Waals surface area contributed by atoms with E-state index in [1.807, 2.05) is 24.3 Å². The van der Waals surface area contributed by atoms with E-state index in [4.69, 9.17) is 0 Å². The first-order valence-electron chi connectivity index (χ1n) is 7.01. The molecular weight excluding hydrogens is 328 g/mol. The number of nitrogens with one attached hydrogen (secondary N) is 1. The Hall–Kier alpha value is -3.06. The van der Waals surface area contributed by atoms with Gasteiger partial charge in [-0.25, -0.2) is 4.83 Å². The minimum absolute atomic E-state index is 0.104. The Labute approximate surface area is 138 Å². The molecule has 0 spiro atoms. The lowest BCUT2D eigenvalue weighted by molar-refractivity contribution is 0.403. The second-order valence-corrected chi connectivity index (χ2v) is 6.77. The maximum absolute atomic E-state index is 12.3. The molecule has 3 aromatic carbocycles. The minimum Gasteiger partial charge on any atom is -0.504 e. The Balaban J connectivity index is 1.81. The number of fused-ring (bicyclic) bond motifs is 1. The first-order valence-corrected chi connectivity index (χ1v) is 8.50. The van der Waals surface area contributed by atoms with E-state index in [0.29, 0.717) is 5.56 Å². The molecule has 7 heteroatoms. The number of rotatable bonds is 4. The Bertz CT molecular complexity index is 1030. The van der Waals surface area contributed by atoms with Crippen LogP contribution in [0.25, 0.3) is 10.8 Å². The van der Waals surface area contributed by atoms with Crippen molar-refractivity contribution in [3.8, 4) is 11.5 Å². The molecule has 0 unspecified atom stereocenters. The van der Waals surface area contributed by atoms with Gasteiger partial charge in [0.15, 0.2) is 11.5 Å². The molecule has 0 aliphatic rings. The SMILES string of the molecule is O=S(=O)(N/N=C/c1ccc(O)c(O)c1)c1ccc2ccccc2c1. The van der Waals surface area contributed by atoms with Crippen molar-refractivity contribution in [2.45, 2.75) is 4.90 Å². The molecule has 0 aliphatic heterocycles. The second-order valence-electron chi connectivity index (χ2n) is 5.11. The zero-order valence-electron chi connectivity index (χ0n) is 12.4. The molecular formula is C17H14N2O4S. The molecule has 0 radical (unpaired) electrons. The Morgan fingerprint density at radius 3 is 2.38 bits per heavy atom. The van der Waals surface area contributed by atoms with Crippen LogP contribution >= 0.6 is 0 Å². The van der Waals surface area contributed by atoms with Gasteiger partial charge in [0.1, 0.15) is 0 Å². The topological polar surface area (TPSA) is 99.0 Å². The van der Waals surface area contributed by atoms with E-state index in [2.05, 4.69) is 9.93 Å². The number of sulfonamides is 1. The summed E-state index contributed by atoms with van der Waals surface area (Å²) < 4.78 is 24.5. The third-order valence-corrected chi connectivity index (χ3v) is 4.64. The molecule has 0 aliphatic carbocycles. The van der Waals surface area contributed by atoms with Crippen LogP contribution < -0.4 is 4.83 Å². The highest BCUT2D eigenvalue weighted by Gasteiger charge is 2.13. The molecule has 0 atom stereocenters. The lowest BCUT2D eigenvalue weighted by Gasteiger charge is -2.05. The van der Waals surface area contributed by atoms with Gasteiger partial charge in [0, 0.05) is 0 Å². The zero-order valence-corrected chi connectivity index (χ0v) is 13.2. The molecule has 6 nitrogen and oxygen atoms in total. The molecule has 0 heterocycles. The summed E-state index contributed by atoms with van der Waals surface area (Å²) in [5, 5.41) is 24.1. The molecule has 3 N–H and O–H groups in total. The van der Waals surface area contributed by atoms with Crippen molar-refractivity contribution < 1.29 is 18.6 Å². The van der Waals surface area contributed by atoms with Crippen molar-refractivity contribution in [1.82, 2.24) is 4.83 Å². The maximum atomic E-state index is 12.3. The van der Waals surface area contributed by atoms with E-state index >= 15 is 0 Å². The van der Waals surface area contributed by atoms with Gasteiger partial charge in [0.05, 0.1) is 11.1 Å². The first-order chi connectivity index (χ1) is 11.5. The smallest absolute Gasteiger partial charge is 0.276 e. The van der Waals surface area contributed by atoms with Gasteiger partial charge in [-0.3, -0.25) is 0 Å². The van der Waals surface area contributed by atoms with E-state index in [-0.39, 0.29) is 16.4 Å². The van der Waals surface area contributed by atoms with Crippen molar-refractivity contribution in [3.63, 3.8) is 0 Å². The molecule has 3 rings (SSSR count). The van der Waals surface area contributed by atoms with Gasteiger partial charge < -0.3 is 10.2 Å². The molecule has 0 aromatic heterocycles. The summed E-state index contributed by atoms with van der Waals surface area (Å²) in [6.07, 6.45) is 1.23. The fourth-order valence-electron chi connectivity index (χ4n) is 2.18. The van der Waals surface area contributed by atoms with Crippen LogP contribution in [-0.2, 0) is 10.0 Å². The third kappa shape index (κ3) is 3.31. The highest BCUT2D eigenvalue weighted by Crippen LogP contribution is 2.24. The average molecular weight is 342 g/mol. The number of benzene rings is 3. The molecule has 0 amide bonds. The Morgan fingerprint density at radius 2 is 1.62 bits per heavy atom. The van der Waals surface area contributed by atoms with Gasteiger partial charge in [-0.15, -0.1) is 0 Å². The summed E-state index contributed by atoms with van der Waals surface area (Å²) in [6.45, 7) is 0. The standard InChI is InChI=1S/C17H14N2O4S/c20-16-8-5-12(9-17(16)21)11-18-19-24(22,23)15-7-6-13-3-1-2-4-14(13)10-15/h1-11,19-21H/b18-11+. The minimum atomic E-state index is -3.80. The average Bonchev–Trinajstić information content (AvgIpc) is 2.57. The van der Waals surface area contributed by atoms with Crippen molar-refractivity contribution >= 4 is 27.0 Å². The second kappa shape index (κ2) is 6.21. The summed E-state index contributed by atoms with van der Waals surface area (Å²) in [4.78, 5) is 2.22. The fraction of sp³-hybridized carbons (Fsp3) is 0. The van der Waals surface area contributed by atoms with E-state index in [1.54, 1.807) is 12.1 Å². The Kier molecular flexibility index (Phi) is 4.09. The third-order valence-electron chi connectivity index (χ3n) is 3.42. The number of aromatic hydroxyl groups is 2. The predicted molar refractivity (Wildman–Crippen MR) is 91.6 cm³/mol. The number of nitrogens with zero attached hydrogens (tertiary/aromatic N) is 1. The van der Waals surface area contributed by atoms with E-state index < -0.39 is 10.0 Å². The molecule has 3 aromatic rings. The van der Waals surface area contributed by atoms with Gasteiger partial charge in [-0.1, -0.05) is 30.3 Å². The van der Waals surface area contributed by atoms with E-state index in [1.165, 1.54) is 30.5 Å². The summed E-state index contributed by atoms with van der Waals surface area (Å²) in [7, 11) is -3.80. The summed E-state index contributed by atoms with van der Waals surface area (Å²) >= 11 is 0. The maximum Gasteiger partial charge on any atom is 0.276 e. The van der Waals surface area contributed by atoms with Crippen molar-refractivity contribution in [2.24, 2.45) is 5.10 Å². The van der Waals surface area contributed by atoms with Gasteiger partial charge in [-0.05, 0) is 46.7 Å². The first kappa shape index (κ1) is 15.8. The molecule has 0 saturated carbocycles. The fourth-order valence-corrected chi connectivity index (χ4v) is 3.00. The van der Waals surface area contributed by atoms with E-state index in [0.717, 1.165) is 10.8 Å². The normalized spacial score (nSPS) is 11.8. The zero-order chi connectivity index (χ0) is 17.2. The van der Waals surface area contributed by atoms with Crippen LogP contribution in [0.1, 0.15) is 5.56 Å². The highest BCUT2D eigenvalue weighted by molar-refractivity contribution is 7.89. The lowest BCUT2D eigenvalue weighted by atomic mass is 10.1. The van der Waals surface area contributed by atoms with Crippen molar-refractivity contribution in [2.75, 3.05) is 0 Å². The van der Waals surface area contributed by atoms with Crippen LogP contribution in [0.3, 0.4) is 0 Å². The van der Waals surface area contributed by atoms with Crippen molar-refractivity contribution in [3.05, 3.63) is 66.2 Å². The highest BCUT2D eigenvalue weighted by atomic mass is 32.2. The molecule has 0 bridgehead atoms. The van der Waals surface area contributed by atoms with Crippen LogP contribution in [0.2, 0.25) is 0 Å². The lowest BCUT2D eigenvalue weighted by Crippen LogP contribution is -2.18. The van der Waals surface area contributed by atoms with Crippen LogP contribution in [0, 0.1) is 0 Å². The summed E-state index contributed by atoms with van der Waals surface area (Å²) in [5.41, 5.74) is 0.437. The van der Waals surface area contributed by atoms with Crippen LogP contribution in [-0.4, -0.2) is 24.8 Å². The molecule has 122 valence electrons. The van der Waals surface area contributed by atoms with Crippen LogP contribution in [0.4, 0.5) is 0 Å². The van der Waals surface area contributed by atoms with E-state index in [9.17, 15) is 18.6 Å². The van der Waals surface area contributed by atoms with Crippen LogP contribution in [0.5, 0.6) is 11.5 Å². The predicted octanol–water partition coefficient (Wildman–Crippen LogP) is 2.56. The monoisotopic (exact) mass is 342 g/mol. The number of phenolic OH excluding ortho intramolecular Hbond substituents is 2. The van der Waals surface area contributed by atoms with Crippen molar-refractivity contribution in [1.29, 1.82) is 0 Å². The quantitative estimate of drug-likeness (QED) is 0.385. The van der Waals surface area contributed by atoms with Gasteiger partial charge in [0.25, 0.3) is 10.0 Å². The van der Waals surface area contributed by atoms with Crippen LogP contribution in [0.15, 0.2) is 70.7 Å².